The number of carbonyl (C=O) groups excluding carboxylic acids is 1. The van der Waals surface area contributed by atoms with E-state index in [4.69, 9.17) is 4.74 Å². The first-order valence-corrected chi connectivity index (χ1v) is 7.49. The lowest BCUT2D eigenvalue weighted by Gasteiger charge is -2.09. The fourth-order valence-corrected chi connectivity index (χ4v) is 2.23. The molecule has 2 aromatic heterocycles. The molecule has 2 rings (SSSR count). The first-order chi connectivity index (χ1) is 10.1. The van der Waals surface area contributed by atoms with Crippen LogP contribution in [-0.4, -0.2) is 28.4 Å². The van der Waals surface area contributed by atoms with Crippen molar-refractivity contribution in [3.05, 3.63) is 29.7 Å². The lowest BCUT2D eigenvalue weighted by atomic mass is 10.2. The van der Waals surface area contributed by atoms with Gasteiger partial charge in [-0.3, -0.25) is 9.20 Å². The average Bonchev–Trinajstić information content (AvgIpc) is 2.84. The normalized spacial score (nSPS) is 11.1. The fourth-order valence-electron chi connectivity index (χ4n) is 2.23. The fraction of sp³-hybridized carbons (Fsp3) is 0.500. The Bertz CT molecular complexity index is 632. The Morgan fingerprint density at radius 3 is 2.81 bits per heavy atom. The average molecular weight is 289 g/mol. The maximum absolute atomic E-state index is 12.5. The SMILES string of the molecule is CCOc1cccn2c(C(=O)NCC(C)C)c(CC)nc12. The van der Waals surface area contributed by atoms with E-state index >= 15 is 0 Å². The molecule has 21 heavy (non-hydrogen) atoms. The molecule has 0 spiro atoms. The van der Waals surface area contributed by atoms with Crippen LogP contribution in [0.15, 0.2) is 18.3 Å². The van der Waals surface area contributed by atoms with Crippen LogP contribution in [0.25, 0.3) is 5.65 Å². The van der Waals surface area contributed by atoms with Crippen molar-refractivity contribution in [3.63, 3.8) is 0 Å². The number of aryl methyl sites for hydroxylation is 1. The van der Waals surface area contributed by atoms with Gasteiger partial charge in [-0.25, -0.2) is 4.98 Å². The number of aromatic nitrogens is 2. The molecule has 0 aliphatic heterocycles. The molecule has 0 aliphatic carbocycles. The second kappa shape index (κ2) is 6.61. The van der Waals surface area contributed by atoms with Crippen LogP contribution < -0.4 is 10.1 Å². The zero-order valence-electron chi connectivity index (χ0n) is 13.1. The van der Waals surface area contributed by atoms with Gasteiger partial charge >= 0.3 is 0 Å². The summed E-state index contributed by atoms with van der Waals surface area (Å²) >= 11 is 0. The third kappa shape index (κ3) is 3.17. The highest BCUT2D eigenvalue weighted by Gasteiger charge is 2.20. The summed E-state index contributed by atoms with van der Waals surface area (Å²) in [5.74, 6) is 1.04. The minimum absolute atomic E-state index is 0.0818. The monoisotopic (exact) mass is 289 g/mol. The molecule has 0 aliphatic rings. The van der Waals surface area contributed by atoms with Crippen LogP contribution in [-0.2, 0) is 6.42 Å². The second-order valence-corrected chi connectivity index (χ2v) is 5.36. The van der Waals surface area contributed by atoms with Gasteiger partial charge in [0.25, 0.3) is 5.91 Å². The van der Waals surface area contributed by atoms with E-state index in [2.05, 4.69) is 24.1 Å². The molecule has 2 heterocycles. The number of rotatable bonds is 6. The molecule has 5 nitrogen and oxygen atoms in total. The van der Waals surface area contributed by atoms with Crippen molar-refractivity contribution in [2.45, 2.75) is 34.1 Å². The number of nitrogens with zero attached hydrogens (tertiary/aromatic N) is 2. The molecular weight excluding hydrogens is 266 g/mol. The molecule has 0 saturated carbocycles. The Morgan fingerprint density at radius 2 is 2.19 bits per heavy atom. The van der Waals surface area contributed by atoms with E-state index in [-0.39, 0.29) is 5.91 Å². The first-order valence-electron chi connectivity index (χ1n) is 7.49. The van der Waals surface area contributed by atoms with Crippen molar-refractivity contribution in [1.82, 2.24) is 14.7 Å². The Labute approximate surface area is 125 Å². The predicted octanol–water partition coefficient (Wildman–Crippen LogP) is 2.68. The molecule has 0 unspecified atom stereocenters. The molecule has 0 atom stereocenters. The van der Waals surface area contributed by atoms with E-state index in [0.717, 1.165) is 5.69 Å². The van der Waals surface area contributed by atoms with Crippen LogP contribution in [0.1, 0.15) is 43.9 Å². The van der Waals surface area contributed by atoms with Gasteiger partial charge < -0.3 is 10.1 Å². The van der Waals surface area contributed by atoms with E-state index in [0.29, 0.717) is 42.6 Å². The molecule has 1 amide bonds. The molecule has 0 bridgehead atoms. The van der Waals surface area contributed by atoms with E-state index in [1.54, 1.807) is 0 Å². The van der Waals surface area contributed by atoms with Crippen molar-refractivity contribution < 1.29 is 9.53 Å². The summed E-state index contributed by atoms with van der Waals surface area (Å²) in [6.45, 7) is 9.30. The number of amides is 1. The van der Waals surface area contributed by atoms with Gasteiger partial charge in [0.15, 0.2) is 11.4 Å². The third-order valence-corrected chi connectivity index (χ3v) is 3.21. The Kier molecular flexibility index (Phi) is 4.83. The summed E-state index contributed by atoms with van der Waals surface area (Å²) in [5.41, 5.74) is 2.10. The number of pyridine rings is 1. The maximum atomic E-state index is 12.5. The molecule has 1 N–H and O–H groups in total. The Balaban J connectivity index is 2.46. The van der Waals surface area contributed by atoms with Crippen LogP contribution in [0, 0.1) is 5.92 Å². The van der Waals surface area contributed by atoms with Gasteiger partial charge in [0, 0.05) is 12.7 Å². The highest BCUT2D eigenvalue weighted by atomic mass is 16.5. The Morgan fingerprint density at radius 1 is 1.43 bits per heavy atom. The van der Waals surface area contributed by atoms with Gasteiger partial charge in [-0.1, -0.05) is 20.8 Å². The number of fused-ring (bicyclic) bond motifs is 1. The molecule has 0 radical (unpaired) electrons. The molecule has 114 valence electrons. The summed E-state index contributed by atoms with van der Waals surface area (Å²) in [4.78, 5) is 17.0. The van der Waals surface area contributed by atoms with Crippen molar-refractivity contribution >= 4 is 11.6 Å². The minimum Gasteiger partial charge on any atom is -0.490 e. The van der Waals surface area contributed by atoms with Crippen LogP contribution in [0.5, 0.6) is 5.75 Å². The van der Waals surface area contributed by atoms with E-state index in [1.807, 2.05) is 36.6 Å². The highest BCUT2D eigenvalue weighted by molar-refractivity contribution is 5.95. The zero-order valence-corrected chi connectivity index (χ0v) is 13.1. The standard InChI is InChI=1S/C16H23N3O2/c1-5-12-14(16(20)17-10-11(3)4)19-9-7-8-13(21-6-2)15(19)18-12/h7-9,11H,5-6,10H2,1-4H3,(H,17,20). The van der Waals surface area contributed by atoms with E-state index in [1.165, 1.54) is 0 Å². The summed E-state index contributed by atoms with van der Waals surface area (Å²) < 4.78 is 7.41. The molecule has 0 fully saturated rings. The number of ether oxygens (including phenoxy) is 1. The third-order valence-electron chi connectivity index (χ3n) is 3.21. The number of hydrogen-bond donors (Lipinski definition) is 1. The zero-order chi connectivity index (χ0) is 15.4. The number of carbonyl (C=O) groups is 1. The van der Waals surface area contributed by atoms with Crippen LogP contribution >= 0.6 is 0 Å². The van der Waals surface area contributed by atoms with Crippen molar-refractivity contribution in [2.75, 3.05) is 13.2 Å². The van der Waals surface area contributed by atoms with Gasteiger partial charge in [0.05, 0.1) is 12.3 Å². The largest absolute Gasteiger partial charge is 0.490 e. The summed E-state index contributed by atoms with van der Waals surface area (Å²) in [6, 6.07) is 3.75. The second-order valence-electron chi connectivity index (χ2n) is 5.36. The van der Waals surface area contributed by atoms with Gasteiger partial charge in [-0.2, -0.15) is 0 Å². The number of hydrogen-bond acceptors (Lipinski definition) is 3. The van der Waals surface area contributed by atoms with Crippen LogP contribution in [0.3, 0.4) is 0 Å². The van der Waals surface area contributed by atoms with Crippen molar-refractivity contribution in [3.8, 4) is 5.75 Å². The predicted molar refractivity (Wildman–Crippen MR) is 82.9 cm³/mol. The lowest BCUT2D eigenvalue weighted by Crippen LogP contribution is -2.29. The number of nitrogens with one attached hydrogen (secondary N) is 1. The maximum Gasteiger partial charge on any atom is 0.270 e. The molecule has 5 heteroatoms. The summed E-state index contributed by atoms with van der Waals surface area (Å²) in [5, 5.41) is 2.96. The highest BCUT2D eigenvalue weighted by Crippen LogP contribution is 2.22. The lowest BCUT2D eigenvalue weighted by molar-refractivity contribution is 0.0942. The van der Waals surface area contributed by atoms with Gasteiger partial charge in [-0.15, -0.1) is 0 Å². The Hall–Kier alpha value is -2.04. The van der Waals surface area contributed by atoms with Crippen LogP contribution in [0.4, 0.5) is 0 Å². The smallest absolute Gasteiger partial charge is 0.270 e. The summed E-state index contributed by atoms with van der Waals surface area (Å²) in [6.07, 6.45) is 2.56. The molecular formula is C16H23N3O2. The van der Waals surface area contributed by atoms with Crippen LogP contribution in [0.2, 0.25) is 0 Å². The number of imidazole rings is 1. The van der Waals surface area contributed by atoms with Crippen molar-refractivity contribution in [2.24, 2.45) is 5.92 Å². The first kappa shape index (κ1) is 15.4. The minimum atomic E-state index is -0.0818. The molecule has 0 aromatic carbocycles. The van der Waals surface area contributed by atoms with Gasteiger partial charge in [0.1, 0.15) is 5.69 Å². The summed E-state index contributed by atoms with van der Waals surface area (Å²) in [7, 11) is 0. The van der Waals surface area contributed by atoms with E-state index < -0.39 is 0 Å². The van der Waals surface area contributed by atoms with Crippen molar-refractivity contribution in [1.29, 1.82) is 0 Å². The van der Waals surface area contributed by atoms with Gasteiger partial charge in [-0.05, 0) is 31.4 Å². The molecule has 2 aromatic rings. The quantitative estimate of drug-likeness (QED) is 0.889. The topological polar surface area (TPSA) is 55.6 Å². The van der Waals surface area contributed by atoms with E-state index in [9.17, 15) is 4.79 Å². The van der Waals surface area contributed by atoms with Gasteiger partial charge in [0.2, 0.25) is 0 Å². The molecule has 0 saturated heterocycles.